The van der Waals surface area contributed by atoms with Gasteiger partial charge in [-0.25, -0.2) is 9.59 Å². The van der Waals surface area contributed by atoms with E-state index in [0.29, 0.717) is 24.2 Å². The Morgan fingerprint density at radius 3 is 2.29 bits per heavy atom. The van der Waals surface area contributed by atoms with Gasteiger partial charge in [0, 0.05) is 24.8 Å². The van der Waals surface area contributed by atoms with Gasteiger partial charge in [0.1, 0.15) is 0 Å². The van der Waals surface area contributed by atoms with E-state index in [9.17, 15) is 22.8 Å². The molecule has 1 saturated heterocycles. The molecule has 1 N–H and O–H groups in total. The molecule has 34 heavy (non-hydrogen) atoms. The van der Waals surface area contributed by atoms with Crippen molar-refractivity contribution in [1.29, 1.82) is 0 Å². The number of hydrogen-bond acceptors (Lipinski definition) is 4. The first kappa shape index (κ1) is 25.7. The van der Waals surface area contributed by atoms with Crippen molar-refractivity contribution >= 4 is 12.0 Å². The van der Waals surface area contributed by atoms with Crippen molar-refractivity contribution in [2.24, 2.45) is 11.8 Å². The molecule has 0 spiro atoms. The molecule has 1 aliphatic heterocycles. The molecule has 2 unspecified atom stereocenters. The topological polar surface area (TPSA) is 84.7 Å². The first-order valence-electron chi connectivity index (χ1n) is 11.4. The molecule has 1 aromatic heterocycles. The van der Waals surface area contributed by atoms with E-state index in [-0.39, 0.29) is 41.8 Å². The molecule has 0 radical (unpaired) electrons. The van der Waals surface area contributed by atoms with Gasteiger partial charge in [-0.3, -0.25) is 0 Å². The Balaban J connectivity index is 0.00000158. The summed E-state index contributed by atoms with van der Waals surface area (Å²) >= 11 is 0. The maximum absolute atomic E-state index is 13.1. The quantitative estimate of drug-likeness (QED) is 0.654. The monoisotopic (exact) mass is 481 g/mol. The van der Waals surface area contributed by atoms with Gasteiger partial charge < -0.3 is 14.7 Å². The standard InChI is InChI=1S/C22H24F3N3O4.C2H6/c1-12-8-28(26-19(12)20(29)30)21(31)27-9-15-6-17(7-16(15)10-27)32-11-14-4-3-5-18(13(14)2)22(23,24)25;1-2/h3-5,8,15-17H,6-7,9-11H2,1-2H3,(H,29,30);1-2H3. The van der Waals surface area contributed by atoms with Crippen LogP contribution >= 0.6 is 0 Å². The molecule has 10 heteroatoms. The summed E-state index contributed by atoms with van der Waals surface area (Å²) in [5.41, 5.74) is 0.345. The van der Waals surface area contributed by atoms with Gasteiger partial charge in [-0.1, -0.05) is 26.0 Å². The number of aryl methyl sites for hydroxylation is 1. The summed E-state index contributed by atoms with van der Waals surface area (Å²) in [5.74, 6) is -0.701. The third-order valence-corrected chi connectivity index (χ3v) is 6.50. The fourth-order valence-electron chi connectivity index (χ4n) is 4.81. The van der Waals surface area contributed by atoms with Crippen molar-refractivity contribution in [3.05, 3.63) is 52.3 Å². The van der Waals surface area contributed by atoms with Crippen molar-refractivity contribution in [3.63, 3.8) is 0 Å². The van der Waals surface area contributed by atoms with Crippen LogP contribution in [0.1, 0.15) is 59.4 Å². The van der Waals surface area contributed by atoms with E-state index in [1.54, 1.807) is 17.9 Å². The predicted molar refractivity (Wildman–Crippen MR) is 119 cm³/mol. The van der Waals surface area contributed by atoms with Gasteiger partial charge in [-0.15, -0.1) is 0 Å². The van der Waals surface area contributed by atoms with Gasteiger partial charge in [-0.2, -0.15) is 23.0 Å². The van der Waals surface area contributed by atoms with Crippen LogP contribution in [0.5, 0.6) is 0 Å². The summed E-state index contributed by atoms with van der Waals surface area (Å²) in [5, 5.41) is 13.0. The fourth-order valence-corrected chi connectivity index (χ4v) is 4.81. The van der Waals surface area contributed by atoms with Crippen molar-refractivity contribution < 1.29 is 32.6 Å². The van der Waals surface area contributed by atoms with Crippen LogP contribution in [0.3, 0.4) is 0 Å². The van der Waals surface area contributed by atoms with E-state index < -0.39 is 17.7 Å². The smallest absolute Gasteiger partial charge is 0.416 e. The van der Waals surface area contributed by atoms with Crippen LogP contribution < -0.4 is 0 Å². The second kappa shape index (κ2) is 10.2. The van der Waals surface area contributed by atoms with Gasteiger partial charge in [0.05, 0.1) is 18.3 Å². The van der Waals surface area contributed by atoms with E-state index >= 15 is 0 Å². The zero-order valence-corrected chi connectivity index (χ0v) is 19.7. The number of alkyl halides is 3. The molecule has 2 aliphatic rings. The highest BCUT2D eigenvalue weighted by atomic mass is 19.4. The second-order valence-electron chi connectivity index (χ2n) is 8.61. The first-order valence-corrected chi connectivity index (χ1v) is 11.4. The Morgan fingerprint density at radius 1 is 1.15 bits per heavy atom. The number of nitrogens with zero attached hydrogens (tertiary/aromatic N) is 3. The lowest BCUT2D eigenvalue weighted by Crippen LogP contribution is -2.34. The molecule has 7 nitrogen and oxygen atoms in total. The normalized spacial score (nSPS) is 21.7. The summed E-state index contributed by atoms with van der Waals surface area (Å²) in [7, 11) is 0. The number of hydrogen-bond donors (Lipinski definition) is 1. The number of rotatable bonds is 4. The number of carbonyl (C=O) groups is 2. The van der Waals surface area contributed by atoms with E-state index in [1.807, 2.05) is 13.8 Å². The maximum Gasteiger partial charge on any atom is 0.416 e. The molecular formula is C24H30F3N3O4. The van der Waals surface area contributed by atoms with E-state index in [2.05, 4.69) is 5.10 Å². The Morgan fingerprint density at radius 2 is 1.76 bits per heavy atom. The highest BCUT2D eigenvalue weighted by Gasteiger charge is 2.43. The number of carboxylic acid groups (broad SMARTS) is 1. The lowest BCUT2D eigenvalue weighted by atomic mass is 10.0. The van der Waals surface area contributed by atoms with E-state index in [4.69, 9.17) is 9.84 Å². The van der Waals surface area contributed by atoms with Crippen LogP contribution in [0.4, 0.5) is 18.0 Å². The third-order valence-electron chi connectivity index (χ3n) is 6.50. The largest absolute Gasteiger partial charge is 0.476 e. The van der Waals surface area contributed by atoms with Crippen molar-refractivity contribution in [2.75, 3.05) is 13.1 Å². The average molecular weight is 482 g/mol. The number of carboxylic acids is 1. The van der Waals surface area contributed by atoms with Crippen LogP contribution in [0.25, 0.3) is 0 Å². The number of fused-ring (bicyclic) bond motifs is 1. The van der Waals surface area contributed by atoms with Gasteiger partial charge >= 0.3 is 18.2 Å². The Bertz CT molecular complexity index is 1040. The molecule has 186 valence electrons. The molecule has 4 rings (SSSR count). The third kappa shape index (κ3) is 5.27. The van der Waals surface area contributed by atoms with Gasteiger partial charge in [0.2, 0.25) is 0 Å². The minimum Gasteiger partial charge on any atom is -0.476 e. The van der Waals surface area contributed by atoms with Gasteiger partial charge in [0.15, 0.2) is 5.69 Å². The lowest BCUT2D eigenvalue weighted by molar-refractivity contribution is -0.138. The van der Waals surface area contributed by atoms with Crippen molar-refractivity contribution in [2.45, 2.75) is 59.4 Å². The molecule has 0 bridgehead atoms. The summed E-state index contributed by atoms with van der Waals surface area (Å²) in [6.45, 7) is 8.21. The Kier molecular flexibility index (Phi) is 7.70. The van der Waals surface area contributed by atoms with E-state index in [0.717, 1.165) is 23.6 Å². The van der Waals surface area contributed by atoms with Crippen molar-refractivity contribution in [1.82, 2.24) is 14.7 Å². The second-order valence-corrected chi connectivity index (χ2v) is 8.61. The number of aromatic nitrogens is 2. The number of benzene rings is 1. The molecule has 1 saturated carbocycles. The number of aromatic carboxylic acids is 1. The maximum atomic E-state index is 13.1. The van der Waals surface area contributed by atoms with Gasteiger partial charge in [-0.05, 0) is 55.7 Å². The van der Waals surface area contributed by atoms with Crippen LogP contribution in [-0.2, 0) is 17.5 Å². The molecule has 2 heterocycles. The highest BCUT2D eigenvalue weighted by molar-refractivity contribution is 5.88. The van der Waals surface area contributed by atoms with Crippen LogP contribution in [0, 0.1) is 25.7 Å². The number of ether oxygens (including phenoxy) is 1. The SMILES string of the molecule is CC.Cc1cn(C(=O)N2CC3CC(OCc4cccc(C(F)(F)F)c4C)CC3C2)nc1C(=O)O. The molecule has 2 fully saturated rings. The number of likely N-dealkylation sites (tertiary alicyclic amines) is 1. The fraction of sp³-hybridized carbons (Fsp3) is 0.542. The zero-order chi connectivity index (χ0) is 25.2. The number of amides is 1. The highest BCUT2D eigenvalue weighted by Crippen LogP contribution is 2.40. The minimum absolute atomic E-state index is 0.0678. The lowest BCUT2D eigenvalue weighted by Gasteiger charge is -2.20. The first-order chi connectivity index (χ1) is 16.0. The Hall–Kier alpha value is -2.88. The number of halogens is 3. The number of carbonyl (C=O) groups excluding carboxylic acids is 1. The summed E-state index contributed by atoms with van der Waals surface area (Å²) in [4.78, 5) is 25.5. The Labute approximate surface area is 196 Å². The molecule has 1 amide bonds. The average Bonchev–Trinajstić information content (AvgIpc) is 3.46. The van der Waals surface area contributed by atoms with E-state index in [1.165, 1.54) is 19.2 Å². The van der Waals surface area contributed by atoms with Gasteiger partial charge in [0.25, 0.3) is 0 Å². The molecule has 1 aliphatic carbocycles. The van der Waals surface area contributed by atoms with Crippen LogP contribution in [0.15, 0.2) is 24.4 Å². The summed E-state index contributed by atoms with van der Waals surface area (Å²) < 4.78 is 46.3. The molecular weight excluding hydrogens is 451 g/mol. The molecule has 2 aromatic rings. The predicted octanol–water partition coefficient (Wildman–Crippen LogP) is 5.14. The van der Waals surface area contributed by atoms with Crippen LogP contribution in [-0.4, -0.2) is 51.0 Å². The zero-order valence-electron chi connectivity index (χ0n) is 19.7. The summed E-state index contributed by atoms with van der Waals surface area (Å²) in [6.07, 6.45) is -1.58. The van der Waals surface area contributed by atoms with Crippen molar-refractivity contribution in [3.8, 4) is 0 Å². The summed E-state index contributed by atoms with van der Waals surface area (Å²) in [6, 6.07) is 3.77. The molecule has 1 aromatic carbocycles. The minimum atomic E-state index is -4.39. The molecule has 2 atom stereocenters. The van der Waals surface area contributed by atoms with Crippen LogP contribution in [0.2, 0.25) is 0 Å².